The van der Waals surface area contributed by atoms with Crippen molar-refractivity contribution in [3.8, 4) is 5.75 Å². The second-order valence-electron chi connectivity index (χ2n) is 5.13. The molecule has 0 saturated heterocycles. The van der Waals surface area contributed by atoms with E-state index in [-0.39, 0.29) is 0 Å². The highest BCUT2D eigenvalue weighted by molar-refractivity contribution is 6.35. The van der Waals surface area contributed by atoms with Crippen LogP contribution in [0.4, 0.5) is 0 Å². The molecule has 1 aromatic rings. The van der Waals surface area contributed by atoms with E-state index >= 15 is 0 Å². The minimum atomic E-state index is 0.569. The molecule has 1 saturated carbocycles. The first-order valence-corrected chi connectivity index (χ1v) is 7.80. The van der Waals surface area contributed by atoms with Gasteiger partial charge in [0.15, 0.2) is 0 Å². The van der Waals surface area contributed by atoms with Crippen molar-refractivity contribution in [2.45, 2.75) is 32.1 Å². The quantitative estimate of drug-likeness (QED) is 0.779. The average Bonchev–Trinajstić information content (AvgIpc) is 2.42. The second-order valence-corrected chi connectivity index (χ2v) is 5.98. The van der Waals surface area contributed by atoms with Crippen molar-refractivity contribution in [2.75, 3.05) is 19.7 Å². The lowest BCUT2D eigenvalue weighted by Gasteiger charge is -2.21. The Hall–Kier alpha value is -0.440. The molecule has 0 heterocycles. The van der Waals surface area contributed by atoms with E-state index in [4.69, 9.17) is 27.9 Å². The fraction of sp³-hybridized carbons (Fsp3) is 0.600. The minimum absolute atomic E-state index is 0.569. The van der Waals surface area contributed by atoms with Crippen LogP contribution in [-0.2, 0) is 0 Å². The van der Waals surface area contributed by atoms with Crippen LogP contribution in [-0.4, -0.2) is 19.7 Å². The Morgan fingerprint density at radius 1 is 1.16 bits per heavy atom. The first-order valence-electron chi connectivity index (χ1n) is 7.04. The van der Waals surface area contributed by atoms with Crippen LogP contribution in [0.15, 0.2) is 18.2 Å². The van der Waals surface area contributed by atoms with Gasteiger partial charge in [-0.3, -0.25) is 0 Å². The maximum atomic E-state index is 6.03. The third-order valence-corrected chi connectivity index (χ3v) is 4.12. The fourth-order valence-corrected chi connectivity index (χ4v) is 2.99. The van der Waals surface area contributed by atoms with Crippen molar-refractivity contribution in [3.63, 3.8) is 0 Å². The van der Waals surface area contributed by atoms with Crippen molar-refractivity contribution in [1.29, 1.82) is 0 Å². The molecule has 1 N–H and O–H groups in total. The molecule has 0 radical (unpaired) electrons. The Bertz CT molecular complexity index is 392. The molecule has 106 valence electrons. The van der Waals surface area contributed by atoms with Gasteiger partial charge in [-0.05, 0) is 43.5 Å². The van der Waals surface area contributed by atoms with Crippen LogP contribution in [0.2, 0.25) is 10.0 Å². The third-order valence-electron chi connectivity index (χ3n) is 3.59. The van der Waals surface area contributed by atoms with Crippen LogP contribution >= 0.6 is 23.2 Å². The van der Waals surface area contributed by atoms with E-state index in [1.807, 2.05) is 6.07 Å². The summed E-state index contributed by atoms with van der Waals surface area (Å²) in [5, 5.41) is 4.66. The molecule has 2 rings (SSSR count). The lowest BCUT2D eigenvalue weighted by Crippen LogP contribution is -2.28. The van der Waals surface area contributed by atoms with Gasteiger partial charge in [0, 0.05) is 11.6 Å². The summed E-state index contributed by atoms with van der Waals surface area (Å²) in [5.41, 5.74) is 0. The van der Waals surface area contributed by atoms with Gasteiger partial charge in [0.25, 0.3) is 0 Å². The van der Waals surface area contributed by atoms with Gasteiger partial charge in [0.2, 0.25) is 0 Å². The Morgan fingerprint density at radius 3 is 2.68 bits per heavy atom. The normalized spacial score (nSPS) is 16.5. The van der Waals surface area contributed by atoms with Crippen LogP contribution in [0.5, 0.6) is 5.75 Å². The standard InChI is InChI=1S/C15H21Cl2NO/c16-13-6-7-15(14(17)10-13)19-9-8-18-11-12-4-2-1-3-5-12/h6-7,10,12,18H,1-5,8-9,11H2. The smallest absolute Gasteiger partial charge is 0.138 e. The average molecular weight is 302 g/mol. The fourth-order valence-electron chi connectivity index (χ4n) is 2.52. The molecule has 0 amide bonds. The minimum Gasteiger partial charge on any atom is -0.491 e. The summed E-state index contributed by atoms with van der Waals surface area (Å²) >= 11 is 11.9. The van der Waals surface area contributed by atoms with Gasteiger partial charge < -0.3 is 10.1 Å². The zero-order valence-electron chi connectivity index (χ0n) is 11.1. The predicted molar refractivity (Wildman–Crippen MR) is 81.4 cm³/mol. The number of halogens is 2. The van der Waals surface area contributed by atoms with Crippen LogP contribution in [0.25, 0.3) is 0 Å². The molecule has 1 aromatic carbocycles. The summed E-state index contributed by atoms with van der Waals surface area (Å²) in [5.74, 6) is 1.55. The summed E-state index contributed by atoms with van der Waals surface area (Å²) in [4.78, 5) is 0. The van der Waals surface area contributed by atoms with Gasteiger partial charge in [-0.25, -0.2) is 0 Å². The topological polar surface area (TPSA) is 21.3 Å². The van der Waals surface area contributed by atoms with E-state index in [0.717, 1.165) is 19.0 Å². The van der Waals surface area contributed by atoms with Gasteiger partial charge in [-0.2, -0.15) is 0 Å². The lowest BCUT2D eigenvalue weighted by molar-refractivity contribution is 0.295. The lowest BCUT2D eigenvalue weighted by atomic mass is 9.89. The zero-order valence-corrected chi connectivity index (χ0v) is 12.6. The van der Waals surface area contributed by atoms with E-state index in [1.54, 1.807) is 12.1 Å². The van der Waals surface area contributed by atoms with Crippen molar-refractivity contribution in [2.24, 2.45) is 5.92 Å². The maximum absolute atomic E-state index is 6.03. The van der Waals surface area contributed by atoms with Gasteiger partial charge >= 0.3 is 0 Å². The monoisotopic (exact) mass is 301 g/mol. The van der Waals surface area contributed by atoms with Crippen molar-refractivity contribution >= 4 is 23.2 Å². The van der Waals surface area contributed by atoms with E-state index in [1.165, 1.54) is 32.1 Å². The van der Waals surface area contributed by atoms with Crippen LogP contribution < -0.4 is 10.1 Å². The number of rotatable bonds is 6. The maximum Gasteiger partial charge on any atom is 0.138 e. The Balaban J connectivity index is 1.61. The highest BCUT2D eigenvalue weighted by Gasteiger charge is 2.12. The molecule has 0 aromatic heterocycles. The SMILES string of the molecule is Clc1ccc(OCCNCC2CCCCC2)c(Cl)c1. The third kappa shape index (κ3) is 5.21. The van der Waals surface area contributed by atoms with Crippen LogP contribution in [0.3, 0.4) is 0 Å². The molecule has 0 atom stereocenters. The molecule has 19 heavy (non-hydrogen) atoms. The van der Waals surface area contributed by atoms with E-state index in [2.05, 4.69) is 5.32 Å². The number of benzene rings is 1. The number of nitrogens with one attached hydrogen (secondary N) is 1. The van der Waals surface area contributed by atoms with Gasteiger partial charge in [-0.1, -0.05) is 42.5 Å². The first-order chi connectivity index (χ1) is 9.25. The largest absolute Gasteiger partial charge is 0.491 e. The summed E-state index contributed by atoms with van der Waals surface area (Å²) in [6.45, 7) is 2.60. The van der Waals surface area contributed by atoms with Crippen molar-refractivity contribution < 1.29 is 4.74 Å². The molecular formula is C15H21Cl2NO. The molecule has 0 bridgehead atoms. The summed E-state index contributed by atoms with van der Waals surface area (Å²) in [7, 11) is 0. The second kappa shape index (κ2) is 7.98. The number of ether oxygens (including phenoxy) is 1. The van der Waals surface area contributed by atoms with Crippen LogP contribution in [0, 0.1) is 5.92 Å². The molecule has 1 fully saturated rings. The Labute approximate surface area is 125 Å². The van der Waals surface area contributed by atoms with Crippen molar-refractivity contribution in [1.82, 2.24) is 5.32 Å². The van der Waals surface area contributed by atoms with Gasteiger partial charge in [0.1, 0.15) is 12.4 Å². The highest BCUT2D eigenvalue weighted by Crippen LogP contribution is 2.27. The molecule has 1 aliphatic rings. The molecule has 0 aliphatic heterocycles. The number of hydrogen-bond acceptors (Lipinski definition) is 2. The van der Waals surface area contributed by atoms with Gasteiger partial charge in [0.05, 0.1) is 5.02 Å². The zero-order chi connectivity index (χ0) is 13.5. The molecular weight excluding hydrogens is 281 g/mol. The molecule has 1 aliphatic carbocycles. The summed E-state index contributed by atoms with van der Waals surface area (Å²) < 4.78 is 5.63. The van der Waals surface area contributed by atoms with E-state index in [9.17, 15) is 0 Å². The predicted octanol–water partition coefficient (Wildman–Crippen LogP) is 4.54. The Morgan fingerprint density at radius 2 is 1.95 bits per heavy atom. The summed E-state index contributed by atoms with van der Waals surface area (Å²) in [6, 6.07) is 5.30. The number of hydrogen-bond donors (Lipinski definition) is 1. The first kappa shape index (κ1) is 15.0. The molecule has 0 unspecified atom stereocenters. The molecule has 2 nitrogen and oxygen atoms in total. The molecule has 0 spiro atoms. The van der Waals surface area contributed by atoms with Gasteiger partial charge in [-0.15, -0.1) is 0 Å². The summed E-state index contributed by atoms with van der Waals surface area (Å²) in [6.07, 6.45) is 6.94. The van der Waals surface area contributed by atoms with E-state index in [0.29, 0.717) is 22.4 Å². The van der Waals surface area contributed by atoms with E-state index < -0.39 is 0 Å². The van der Waals surface area contributed by atoms with Crippen LogP contribution in [0.1, 0.15) is 32.1 Å². The highest BCUT2D eigenvalue weighted by atomic mass is 35.5. The molecule has 4 heteroatoms. The Kier molecular flexibility index (Phi) is 6.29. The van der Waals surface area contributed by atoms with Crippen molar-refractivity contribution in [3.05, 3.63) is 28.2 Å².